The number of carbonyl (C=O) groups excluding carboxylic acids is 3. The van der Waals surface area contributed by atoms with E-state index in [-0.39, 0.29) is 0 Å². The Morgan fingerprint density at radius 1 is 1.35 bits per heavy atom. The van der Waals surface area contributed by atoms with Crippen molar-refractivity contribution in [3.05, 3.63) is 40.9 Å². The standard InChI is InChI=1S/C14H14N4O5/c1-8(12(20)17-14(15)22)23-11(19)6-18-7-16-10-5-3-2-4-9(10)13(18)21/h2-5,7-8H,6H2,1H3,(H3,15,17,20,22). The average molecular weight is 318 g/mol. The summed E-state index contributed by atoms with van der Waals surface area (Å²) in [6, 6.07) is 5.65. The summed E-state index contributed by atoms with van der Waals surface area (Å²) in [5, 5.41) is 2.15. The first-order chi connectivity index (χ1) is 10.9. The maximum Gasteiger partial charge on any atom is 0.326 e. The van der Waals surface area contributed by atoms with Crippen LogP contribution in [0.1, 0.15) is 6.92 Å². The van der Waals surface area contributed by atoms with Gasteiger partial charge in [0, 0.05) is 0 Å². The van der Waals surface area contributed by atoms with Gasteiger partial charge in [0.2, 0.25) is 0 Å². The van der Waals surface area contributed by atoms with Crippen LogP contribution in [0.5, 0.6) is 0 Å². The van der Waals surface area contributed by atoms with Crippen molar-refractivity contribution in [1.29, 1.82) is 0 Å². The summed E-state index contributed by atoms with van der Waals surface area (Å²) in [6.45, 7) is 0.864. The minimum atomic E-state index is -1.22. The number of benzene rings is 1. The summed E-state index contributed by atoms with van der Waals surface area (Å²) < 4.78 is 5.91. The van der Waals surface area contributed by atoms with E-state index >= 15 is 0 Å². The molecule has 0 saturated heterocycles. The molecule has 23 heavy (non-hydrogen) atoms. The van der Waals surface area contributed by atoms with Gasteiger partial charge in [-0.1, -0.05) is 12.1 Å². The van der Waals surface area contributed by atoms with Gasteiger partial charge in [-0.15, -0.1) is 0 Å². The molecular weight excluding hydrogens is 304 g/mol. The Morgan fingerprint density at radius 3 is 2.74 bits per heavy atom. The molecule has 9 nitrogen and oxygen atoms in total. The Morgan fingerprint density at radius 2 is 2.04 bits per heavy atom. The molecule has 9 heteroatoms. The zero-order valence-electron chi connectivity index (χ0n) is 12.2. The minimum absolute atomic E-state index is 0.363. The van der Waals surface area contributed by atoms with E-state index in [2.05, 4.69) is 4.98 Å². The Bertz CT molecular complexity index is 829. The molecule has 0 aliphatic carbocycles. The van der Waals surface area contributed by atoms with Crippen LogP contribution in [0.3, 0.4) is 0 Å². The van der Waals surface area contributed by atoms with Crippen LogP contribution in [0, 0.1) is 0 Å². The van der Waals surface area contributed by atoms with Gasteiger partial charge in [0.25, 0.3) is 11.5 Å². The number of amides is 3. The molecule has 0 spiro atoms. The van der Waals surface area contributed by atoms with Gasteiger partial charge in [-0.25, -0.2) is 9.78 Å². The fourth-order valence-corrected chi connectivity index (χ4v) is 1.87. The van der Waals surface area contributed by atoms with Crippen molar-refractivity contribution in [2.75, 3.05) is 0 Å². The number of ether oxygens (including phenoxy) is 1. The minimum Gasteiger partial charge on any atom is -0.451 e. The predicted octanol–water partition coefficient (Wildman–Crippen LogP) is -0.477. The quantitative estimate of drug-likeness (QED) is 0.732. The lowest BCUT2D eigenvalue weighted by Gasteiger charge is -2.12. The average Bonchev–Trinajstić information content (AvgIpc) is 2.49. The third-order valence-corrected chi connectivity index (χ3v) is 2.95. The van der Waals surface area contributed by atoms with E-state index in [0.717, 1.165) is 4.57 Å². The van der Waals surface area contributed by atoms with E-state index in [4.69, 9.17) is 10.5 Å². The van der Waals surface area contributed by atoms with Gasteiger partial charge >= 0.3 is 12.0 Å². The highest BCUT2D eigenvalue weighted by Gasteiger charge is 2.19. The van der Waals surface area contributed by atoms with E-state index in [1.54, 1.807) is 29.6 Å². The van der Waals surface area contributed by atoms with Crippen molar-refractivity contribution in [3.8, 4) is 0 Å². The number of hydrogen-bond donors (Lipinski definition) is 2. The lowest BCUT2D eigenvalue weighted by molar-refractivity contribution is -0.155. The Kier molecular flexibility index (Phi) is 4.69. The molecule has 1 aromatic carbocycles. The van der Waals surface area contributed by atoms with Crippen molar-refractivity contribution < 1.29 is 19.1 Å². The summed E-state index contributed by atoms with van der Waals surface area (Å²) in [6.07, 6.45) is -0.000744. The van der Waals surface area contributed by atoms with Crippen molar-refractivity contribution in [2.45, 2.75) is 19.6 Å². The fourth-order valence-electron chi connectivity index (χ4n) is 1.87. The number of nitrogens with zero attached hydrogens (tertiary/aromatic N) is 2. The topological polar surface area (TPSA) is 133 Å². The second kappa shape index (κ2) is 6.69. The summed E-state index contributed by atoms with van der Waals surface area (Å²) in [4.78, 5) is 50.0. The van der Waals surface area contributed by atoms with Crippen molar-refractivity contribution in [3.63, 3.8) is 0 Å². The first kappa shape index (κ1) is 16.1. The lowest BCUT2D eigenvalue weighted by atomic mass is 10.2. The molecule has 1 atom stereocenters. The second-order valence-electron chi connectivity index (χ2n) is 4.68. The molecule has 0 fully saturated rings. The van der Waals surface area contributed by atoms with Crippen LogP contribution in [-0.2, 0) is 20.9 Å². The largest absolute Gasteiger partial charge is 0.451 e. The summed E-state index contributed by atoms with van der Waals surface area (Å²) >= 11 is 0. The molecule has 1 unspecified atom stereocenters. The highest BCUT2D eigenvalue weighted by Crippen LogP contribution is 2.04. The molecule has 2 aromatic rings. The number of aromatic nitrogens is 2. The Hall–Kier alpha value is -3.23. The molecule has 2 rings (SSSR count). The van der Waals surface area contributed by atoms with Gasteiger partial charge in [-0.05, 0) is 19.1 Å². The zero-order valence-corrected chi connectivity index (χ0v) is 12.2. The van der Waals surface area contributed by atoms with Gasteiger partial charge in [-0.3, -0.25) is 24.3 Å². The van der Waals surface area contributed by atoms with Crippen LogP contribution in [0.2, 0.25) is 0 Å². The van der Waals surface area contributed by atoms with Crippen molar-refractivity contribution >= 4 is 28.8 Å². The zero-order chi connectivity index (χ0) is 17.0. The number of nitrogens with one attached hydrogen (secondary N) is 1. The van der Waals surface area contributed by atoms with E-state index in [1.807, 2.05) is 0 Å². The molecule has 3 N–H and O–H groups in total. The normalized spacial score (nSPS) is 11.7. The second-order valence-corrected chi connectivity index (χ2v) is 4.68. The third kappa shape index (κ3) is 3.90. The maximum absolute atomic E-state index is 12.2. The van der Waals surface area contributed by atoms with Gasteiger partial charge in [-0.2, -0.15) is 0 Å². The van der Waals surface area contributed by atoms with Crippen LogP contribution >= 0.6 is 0 Å². The lowest BCUT2D eigenvalue weighted by Crippen LogP contribution is -2.42. The molecule has 0 aliphatic heterocycles. The van der Waals surface area contributed by atoms with E-state index in [1.165, 1.54) is 13.3 Å². The first-order valence-corrected chi connectivity index (χ1v) is 6.62. The number of carbonyl (C=O) groups is 3. The third-order valence-electron chi connectivity index (χ3n) is 2.95. The molecule has 1 aromatic heterocycles. The molecule has 1 heterocycles. The van der Waals surface area contributed by atoms with Gasteiger partial charge in [0.15, 0.2) is 6.10 Å². The molecule has 0 saturated carbocycles. The smallest absolute Gasteiger partial charge is 0.326 e. The van der Waals surface area contributed by atoms with Crippen LogP contribution in [0.25, 0.3) is 10.9 Å². The van der Waals surface area contributed by atoms with Crippen molar-refractivity contribution in [1.82, 2.24) is 14.9 Å². The summed E-state index contributed by atoms with van der Waals surface area (Å²) in [5.74, 6) is -1.67. The van der Waals surface area contributed by atoms with Gasteiger partial charge in [0.1, 0.15) is 6.54 Å². The molecule has 3 amide bonds. The van der Waals surface area contributed by atoms with Crippen LogP contribution in [0.4, 0.5) is 4.79 Å². The Labute approximate surface area is 130 Å². The number of rotatable bonds is 4. The number of nitrogens with two attached hydrogens (primary N) is 1. The molecular formula is C14H14N4O5. The molecule has 0 aliphatic rings. The molecule has 120 valence electrons. The number of esters is 1. The monoisotopic (exact) mass is 318 g/mol. The summed E-state index contributed by atoms with van der Waals surface area (Å²) in [5.41, 5.74) is 4.90. The number of para-hydroxylation sites is 1. The van der Waals surface area contributed by atoms with E-state index in [0.29, 0.717) is 10.9 Å². The van der Waals surface area contributed by atoms with Crippen molar-refractivity contribution in [2.24, 2.45) is 5.73 Å². The summed E-state index contributed by atoms with van der Waals surface area (Å²) in [7, 11) is 0. The number of imide groups is 1. The van der Waals surface area contributed by atoms with Crippen LogP contribution in [0.15, 0.2) is 35.4 Å². The maximum atomic E-state index is 12.2. The number of primary amides is 1. The number of fused-ring (bicyclic) bond motifs is 1. The van der Waals surface area contributed by atoms with Crippen LogP contribution in [-0.4, -0.2) is 33.6 Å². The predicted molar refractivity (Wildman–Crippen MR) is 79.3 cm³/mol. The SMILES string of the molecule is CC(OC(=O)Cn1cnc2ccccc2c1=O)C(=O)NC(N)=O. The van der Waals surface area contributed by atoms with Gasteiger partial charge < -0.3 is 10.5 Å². The molecule has 0 radical (unpaired) electrons. The fraction of sp³-hybridized carbons (Fsp3) is 0.214. The number of urea groups is 1. The highest BCUT2D eigenvalue weighted by atomic mass is 16.5. The Balaban J connectivity index is 2.09. The molecule has 0 bridgehead atoms. The van der Waals surface area contributed by atoms with Crippen LogP contribution < -0.4 is 16.6 Å². The number of hydrogen-bond acceptors (Lipinski definition) is 6. The van der Waals surface area contributed by atoms with E-state index in [9.17, 15) is 19.2 Å². The first-order valence-electron chi connectivity index (χ1n) is 6.62. The van der Waals surface area contributed by atoms with E-state index < -0.39 is 36.1 Å². The highest BCUT2D eigenvalue weighted by molar-refractivity contribution is 5.96. The van der Waals surface area contributed by atoms with Gasteiger partial charge in [0.05, 0.1) is 17.2 Å².